The number of carbonyl (C=O) groups excluding carboxylic acids is 3. The lowest BCUT2D eigenvalue weighted by atomic mass is 9.85. The van der Waals surface area contributed by atoms with Crippen LogP contribution in [0.1, 0.15) is 93.0 Å². The van der Waals surface area contributed by atoms with E-state index in [1.54, 1.807) is 23.6 Å². The molecule has 12 nitrogen and oxygen atoms in total. The molecule has 1 amide bonds. The lowest BCUT2D eigenvalue weighted by Crippen LogP contribution is -2.48. The molecule has 2 aromatic heterocycles. The Balaban J connectivity index is 0.989. The number of fused-ring (bicyclic) bond motifs is 5. The van der Waals surface area contributed by atoms with Gasteiger partial charge in [-0.25, -0.2) is 14.6 Å². The van der Waals surface area contributed by atoms with E-state index in [0.29, 0.717) is 97.0 Å². The van der Waals surface area contributed by atoms with Gasteiger partial charge in [0.2, 0.25) is 5.60 Å². The number of anilines is 1. The van der Waals surface area contributed by atoms with E-state index >= 15 is 0 Å². The van der Waals surface area contributed by atoms with E-state index in [1.807, 2.05) is 41.3 Å². The van der Waals surface area contributed by atoms with Crippen molar-refractivity contribution in [2.45, 2.75) is 103 Å². The van der Waals surface area contributed by atoms with Crippen molar-refractivity contribution in [1.29, 1.82) is 0 Å². The molecule has 4 aliphatic rings. The molecule has 8 rings (SSSR count). The summed E-state index contributed by atoms with van der Waals surface area (Å²) >= 11 is 12.0. The summed E-state index contributed by atoms with van der Waals surface area (Å²) in [6.07, 6.45) is 7.33. The minimum atomic E-state index is -1.77. The van der Waals surface area contributed by atoms with Gasteiger partial charge in [0.15, 0.2) is 0 Å². The number of piperidine rings is 2. The molecule has 0 aliphatic carbocycles. The van der Waals surface area contributed by atoms with Crippen molar-refractivity contribution >= 4 is 57.8 Å². The first-order valence-corrected chi connectivity index (χ1v) is 23.0. The number of aryl methyl sites for hydroxylation is 2. The van der Waals surface area contributed by atoms with Gasteiger partial charge in [0.1, 0.15) is 12.4 Å². The molecular weight excluding hydrogens is 817 g/mol. The summed E-state index contributed by atoms with van der Waals surface area (Å²) in [7, 11) is 0. The highest BCUT2D eigenvalue weighted by molar-refractivity contribution is 6.18. The molecule has 6 heterocycles. The summed E-state index contributed by atoms with van der Waals surface area (Å²) in [5.41, 5.74) is 4.43. The van der Waals surface area contributed by atoms with E-state index in [0.717, 1.165) is 53.7 Å². The standard InChI is InChI=1S/C47H55Cl2N5O7/c1-3-35-36-27-34(60-46(58)53-23-17-33(18-24-53)51-21-6-5-7-22-51)15-16-40(36)50-43-37(35)29-54-41(43)28-39-38(44(54)56)30-59-45(57)47(39,4-2)61-42(55)10-8-9-31-11-13-32(14-12-31)52(25-19-48)26-20-49/h11-16,27-28,33H,3-10,17-26,29-30H2,1-2H3/t47-/m0/s1. The molecule has 4 aliphatic heterocycles. The minimum absolute atomic E-state index is 0.0748. The van der Waals surface area contributed by atoms with E-state index in [2.05, 4.69) is 16.7 Å². The number of hydrogen-bond donors (Lipinski definition) is 0. The Hall–Kier alpha value is -4.65. The van der Waals surface area contributed by atoms with Crippen LogP contribution < -0.4 is 15.2 Å². The highest BCUT2D eigenvalue weighted by Crippen LogP contribution is 2.43. The molecule has 0 radical (unpaired) electrons. The van der Waals surface area contributed by atoms with Crippen molar-refractivity contribution in [3.05, 3.63) is 86.7 Å². The van der Waals surface area contributed by atoms with E-state index < -0.39 is 17.5 Å². The van der Waals surface area contributed by atoms with Gasteiger partial charge < -0.3 is 33.5 Å². The fraction of sp³-hybridized carbons (Fsp3) is 0.511. The van der Waals surface area contributed by atoms with Crippen molar-refractivity contribution in [3.8, 4) is 17.1 Å². The number of halogens is 2. The topological polar surface area (TPSA) is 124 Å². The quantitative estimate of drug-likeness (QED) is 0.0803. The molecule has 2 aromatic carbocycles. The van der Waals surface area contributed by atoms with Crippen molar-refractivity contribution in [2.24, 2.45) is 0 Å². The maximum absolute atomic E-state index is 14.3. The zero-order valence-corrected chi connectivity index (χ0v) is 36.7. The van der Waals surface area contributed by atoms with Crippen LogP contribution in [-0.4, -0.2) is 94.5 Å². The highest BCUT2D eigenvalue weighted by Gasteiger charge is 2.50. The number of amides is 1. The molecular formula is C47H55Cl2N5O7. The minimum Gasteiger partial charge on any atom is -0.457 e. The zero-order valence-electron chi connectivity index (χ0n) is 35.2. The normalized spacial score (nSPS) is 19.0. The number of nitrogens with zero attached hydrogens (tertiary/aromatic N) is 5. The van der Waals surface area contributed by atoms with Crippen LogP contribution in [0.5, 0.6) is 5.75 Å². The first-order chi connectivity index (χ1) is 29.7. The number of pyridine rings is 2. The fourth-order valence-electron chi connectivity index (χ4n) is 9.76. The average Bonchev–Trinajstić information content (AvgIpc) is 3.65. The number of esters is 2. The summed E-state index contributed by atoms with van der Waals surface area (Å²) in [6.45, 7) is 8.92. The summed E-state index contributed by atoms with van der Waals surface area (Å²) in [5, 5.41) is 0.854. The largest absolute Gasteiger partial charge is 0.457 e. The Kier molecular flexibility index (Phi) is 13.2. The molecule has 0 spiro atoms. The Bertz CT molecular complexity index is 2330. The smallest absolute Gasteiger partial charge is 0.415 e. The van der Waals surface area contributed by atoms with Crippen molar-refractivity contribution in [1.82, 2.24) is 19.4 Å². The monoisotopic (exact) mass is 871 g/mol. The second-order valence-electron chi connectivity index (χ2n) is 16.6. The van der Waals surface area contributed by atoms with Gasteiger partial charge in [-0.05, 0) is 112 Å². The van der Waals surface area contributed by atoms with Crippen LogP contribution in [0.15, 0.2) is 53.3 Å². The van der Waals surface area contributed by atoms with Crippen LogP contribution in [0, 0.1) is 0 Å². The van der Waals surface area contributed by atoms with Crippen LogP contribution in [0.4, 0.5) is 10.5 Å². The number of alkyl halides is 2. The Labute approximate surface area is 367 Å². The molecule has 0 bridgehead atoms. The number of aromatic nitrogens is 2. The Morgan fingerprint density at radius 3 is 2.36 bits per heavy atom. The van der Waals surface area contributed by atoms with Crippen LogP contribution in [0.3, 0.4) is 0 Å². The molecule has 0 N–H and O–H groups in total. The third-order valence-electron chi connectivity index (χ3n) is 13.1. The van der Waals surface area contributed by atoms with Crippen molar-refractivity contribution in [3.63, 3.8) is 0 Å². The Morgan fingerprint density at radius 2 is 1.67 bits per heavy atom. The summed E-state index contributed by atoms with van der Waals surface area (Å²) in [4.78, 5) is 66.4. The molecule has 2 fully saturated rings. The number of carbonyl (C=O) groups is 3. The molecule has 2 saturated heterocycles. The zero-order chi connectivity index (χ0) is 42.7. The first-order valence-electron chi connectivity index (χ1n) is 22.0. The molecule has 0 saturated carbocycles. The number of rotatable bonds is 14. The molecule has 4 aromatic rings. The van der Waals surface area contributed by atoms with Gasteiger partial charge in [-0.15, -0.1) is 23.2 Å². The SMILES string of the molecule is CCc1c2c(nc3ccc(OC(=O)N4CCC(N5CCCCC5)CC4)cc13)-c1cc3c(c(=O)n1C2)COC(=O)[C@@]3(CC)OC(=O)CCCc1ccc(N(CCCl)CCCl)cc1. The van der Waals surface area contributed by atoms with E-state index in [1.165, 1.54) is 19.3 Å². The van der Waals surface area contributed by atoms with Crippen LogP contribution in [0.25, 0.3) is 22.3 Å². The van der Waals surface area contributed by atoms with Gasteiger partial charge in [0.05, 0.1) is 29.0 Å². The van der Waals surface area contributed by atoms with Gasteiger partial charge in [-0.1, -0.05) is 32.4 Å². The third kappa shape index (κ3) is 8.60. The predicted octanol–water partition coefficient (Wildman–Crippen LogP) is 7.95. The fourth-order valence-corrected chi connectivity index (χ4v) is 10.2. The van der Waals surface area contributed by atoms with Gasteiger partial charge in [-0.2, -0.15) is 0 Å². The van der Waals surface area contributed by atoms with Crippen molar-refractivity contribution in [2.75, 3.05) is 55.9 Å². The number of likely N-dealkylation sites (tertiary alicyclic amines) is 2. The number of ether oxygens (including phenoxy) is 3. The summed E-state index contributed by atoms with van der Waals surface area (Å²) in [6, 6.07) is 15.9. The molecule has 324 valence electrons. The molecule has 1 atom stereocenters. The number of hydrogen-bond acceptors (Lipinski definition) is 10. The number of cyclic esters (lactones) is 1. The van der Waals surface area contributed by atoms with Gasteiger partial charge in [-0.3, -0.25) is 9.59 Å². The van der Waals surface area contributed by atoms with Crippen molar-refractivity contribution < 1.29 is 28.6 Å². The van der Waals surface area contributed by atoms with Gasteiger partial charge in [0.25, 0.3) is 5.56 Å². The molecule has 14 heteroatoms. The van der Waals surface area contributed by atoms with Crippen LogP contribution in [-0.2, 0) is 50.7 Å². The van der Waals surface area contributed by atoms with E-state index in [4.69, 9.17) is 42.4 Å². The van der Waals surface area contributed by atoms with Gasteiger partial charge >= 0.3 is 18.0 Å². The predicted molar refractivity (Wildman–Crippen MR) is 237 cm³/mol. The Morgan fingerprint density at radius 1 is 0.934 bits per heavy atom. The average molecular weight is 873 g/mol. The summed E-state index contributed by atoms with van der Waals surface area (Å²) in [5.74, 6) is 0.205. The van der Waals surface area contributed by atoms with Gasteiger partial charge in [0, 0.05) is 72.6 Å². The third-order valence-corrected chi connectivity index (χ3v) is 13.4. The van der Waals surface area contributed by atoms with E-state index in [9.17, 15) is 19.2 Å². The summed E-state index contributed by atoms with van der Waals surface area (Å²) < 4.78 is 19.3. The second kappa shape index (κ2) is 18.8. The first kappa shape index (κ1) is 43.0. The molecule has 61 heavy (non-hydrogen) atoms. The van der Waals surface area contributed by atoms with Crippen LogP contribution >= 0.6 is 23.2 Å². The lowest BCUT2D eigenvalue weighted by Gasteiger charge is -2.39. The maximum Gasteiger partial charge on any atom is 0.415 e. The van der Waals surface area contributed by atoms with E-state index in [-0.39, 0.29) is 37.6 Å². The maximum atomic E-state index is 14.3. The highest BCUT2D eigenvalue weighted by atomic mass is 35.5. The molecule has 0 unspecified atom stereocenters. The number of benzene rings is 2. The lowest BCUT2D eigenvalue weighted by molar-refractivity contribution is -0.189. The second-order valence-corrected chi connectivity index (χ2v) is 17.3. The van der Waals surface area contributed by atoms with Crippen LogP contribution in [0.2, 0.25) is 0 Å².